The summed E-state index contributed by atoms with van der Waals surface area (Å²) in [5, 5.41) is 4.83. The predicted octanol–water partition coefficient (Wildman–Crippen LogP) is 3.22. The first-order chi connectivity index (χ1) is 11.7. The lowest BCUT2D eigenvalue weighted by Crippen LogP contribution is -2.42. The molecule has 2 aliphatic rings. The van der Waals surface area contributed by atoms with Crippen molar-refractivity contribution in [1.29, 1.82) is 0 Å². The van der Waals surface area contributed by atoms with E-state index in [0.29, 0.717) is 30.5 Å². The van der Waals surface area contributed by atoms with Gasteiger partial charge in [0.1, 0.15) is 5.00 Å². The molecule has 1 fully saturated rings. The van der Waals surface area contributed by atoms with Gasteiger partial charge in [-0.3, -0.25) is 0 Å². The van der Waals surface area contributed by atoms with Crippen molar-refractivity contribution >= 4 is 39.6 Å². The molecular weight excluding hydrogens is 344 g/mol. The van der Waals surface area contributed by atoms with Crippen molar-refractivity contribution in [3.63, 3.8) is 0 Å². The summed E-state index contributed by atoms with van der Waals surface area (Å²) in [6, 6.07) is 0. The van der Waals surface area contributed by atoms with Crippen LogP contribution in [-0.2, 0) is 22.3 Å². The molecule has 0 saturated carbocycles. The first-order valence-corrected chi connectivity index (χ1v) is 9.88. The summed E-state index contributed by atoms with van der Waals surface area (Å²) in [4.78, 5) is 15.9. The van der Waals surface area contributed by atoms with Crippen LogP contribution in [0.15, 0.2) is 0 Å². The van der Waals surface area contributed by atoms with Crippen LogP contribution in [0.25, 0.3) is 0 Å². The predicted molar refractivity (Wildman–Crippen MR) is 100 cm³/mol. The number of ether oxygens (including phenoxy) is 2. The number of hydrogen-bond acceptors (Lipinski definition) is 5. The van der Waals surface area contributed by atoms with E-state index in [-0.39, 0.29) is 5.97 Å². The van der Waals surface area contributed by atoms with E-state index >= 15 is 0 Å². The second-order valence-corrected chi connectivity index (χ2v) is 7.51. The molecule has 1 aliphatic heterocycles. The topological polar surface area (TPSA) is 50.8 Å². The van der Waals surface area contributed by atoms with Gasteiger partial charge in [-0.1, -0.05) is 6.42 Å². The van der Waals surface area contributed by atoms with E-state index in [1.807, 2.05) is 6.92 Å². The fourth-order valence-electron chi connectivity index (χ4n) is 3.19. The molecule has 132 valence electrons. The number of carbonyl (C=O) groups is 1. The smallest absolute Gasteiger partial charge is 0.341 e. The van der Waals surface area contributed by atoms with Crippen LogP contribution in [0.2, 0.25) is 0 Å². The minimum Gasteiger partial charge on any atom is -0.462 e. The average molecular weight is 369 g/mol. The minimum absolute atomic E-state index is 0.232. The van der Waals surface area contributed by atoms with Gasteiger partial charge >= 0.3 is 5.97 Å². The van der Waals surface area contributed by atoms with Crippen LogP contribution in [0.4, 0.5) is 5.00 Å². The fraction of sp³-hybridized carbons (Fsp3) is 0.647. The third-order valence-electron chi connectivity index (χ3n) is 4.42. The number of esters is 1. The minimum atomic E-state index is -0.232. The lowest BCUT2D eigenvalue weighted by Gasteiger charge is -2.29. The number of aryl methyl sites for hydroxylation is 1. The number of carbonyl (C=O) groups excluding carboxylic acids is 1. The maximum atomic E-state index is 12.5. The number of fused-ring (bicyclic) bond motifs is 1. The Morgan fingerprint density at radius 1 is 1.29 bits per heavy atom. The Labute approximate surface area is 152 Å². The summed E-state index contributed by atoms with van der Waals surface area (Å²) in [6.07, 6.45) is 5.52. The van der Waals surface area contributed by atoms with Crippen LogP contribution in [0.5, 0.6) is 0 Å². The Bertz CT molecular complexity index is 609. The van der Waals surface area contributed by atoms with E-state index in [2.05, 4.69) is 10.2 Å². The van der Waals surface area contributed by atoms with Crippen molar-refractivity contribution in [2.45, 2.75) is 39.0 Å². The zero-order chi connectivity index (χ0) is 16.9. The van der Waals surface area contributed by atoms with Gasteiger partial charge in [0, 0.05) is 18.0 Å². The lowest BCUT2D eigenvalue weighted by molar-refractivity contribution is 0.0526. The fourth-order valence-corrected chi connectivity index (χ4v) is 4.82. The molecule has 0 bridgehead atoms. The second-order valence-electron chi connectivity index (χ2n) is 6.02. The first kappa shape index (κ1) is 17.6. The molecule has 1 aromatic heterocycles. The SMILES string of the molecule is CCOC(=O)c1c(NC(=S)N2CCOCC2)sc2c1CCCCC2. The summed E-state index contributed by atoms with van der Waals surface area (Å²) >= 11 is 7.21. The third kappa shape index (κ3) is 3.90. The molecule has 2 heterocycles. The lowest BCUT2D eigenvalue weighted by atomic mass is 10.1. The summed E-state index contributed by atoms with van der Waals surface area (Å²) in [6.45, 7) is 5.17. The molecule has 1 saturated heterocycles. The highest BCUT2D eigenvalue weighted by Gasteiger charge is 2.27. The molecule has 1 N–H and O–H groups in total. The van der Waals surface area contributed by atoms with Gasteiger partial charge in [-0.2, -0.15) is 0 Å². The maximum Gasteiger partial charge on any atom is 0.341 e. The van der Waals surface area contributed by atoms with E-state index in [1.54, 1.807) is 11.3 Å². The quantitative estimate of drug-likeness (QED) is 0.502. The van der Waals surface area contributed by atoms with Gasteiger partial charge < -0.3 is 19.7 Å². The monoisotopic (exact) mass is 368 g/mol. The number of hydrogen-bond donors (Lipinski definition) is 1. The molecule has 24 heavy (non-hydrogen) atoms. The molecule has 0 spiro atoms. The number of morpholine rings is 1. The van der Waals surface area contributed by atoms with Gasteiger partial charge in [0.25, 0.3) is 0 Å². The third-order valence-corrected chi connectivity index (χ3v) is 5.99. The van der Waals surface area contributed by atoms with E-state index in [4.69, 9.17) is 21.7 Å². The van der Waals surface area contributed by atoms with E-state index < -0.39 is 0 Å². The van der Waals surface area contributed by atoms with Gasteiger partial charge in [-0.05, 0) is 50.4 Å². The largest absolute Gasteiger partial charge is 0.462 e. The van der Waals surface area contributed by atoms with Crippen molar-refractivity contribution in [2.24, 2.45) is 0 Å². The summed E-state index contributed by atoms with van der Waals surface area (Å²) in [7, 11) is 0. The summed E-state index contributed by atoms with van der Waals surface area (Å²) in [5.74, 6) is -0.232. The molecular formula is C17H24N2O3S2. The van der Waals surface area contributed by atoms with E-state index in [0.717, 1.165) is 37.4 Å². The molecule has 0 unspecified atom stereocenters. The van der Waals surface area contributed by atoms with E-state index in [1.165, 1.54) is 23.3 Å². The molecule has 1 aromatic rings. The van der Waals surface area contributed by atoms with Crippen molar-refractivity contribution < 1.29 is 14.3 Å². The number of thiophene rings is 1. The Kier molecular flexibility index (Phi) is 6.08. The molecule has 7 heteroatoms. The molecule has 0 radical (unpaired) electrons. The standard InChI is InChI=1S/C17H24N2O3S2/c1-2-22-16(20)14-12-6-4-3-5-7-13(12)24-15(14)18-17(23)19-8-10-21-11-9-19/h2-11H2,1H3,(H,18,23). The van der Waals surface area contributed by atoms with Gasteiger partial charge in [0.2, 0.25) is 0 Å². The number of nitrogens with one attached hydrogen (secondary N) is 1. The van der Waals surface area contributed by atoms with Gasteiger partial charge in [0.05, 0.1) is 25.4 Å². The van der Waals surface area contributed by atoms with Gasteiger partial charge in [0.15, 0.2) is 5.11 Å². The molecule has 0 aromatic carbocycles. The molecule has 0 amide bonds. The number of rotatable bonds is 3. The summed E-state index contributed by atoms with van der Waals surface area (Å²) < 4.78 is 10.7. The zero-order valence-electron chi connectivity index (χ0n) is 14.1. The summed E-state index contributed by atoms with van der Waals surface area (Å²) in [5.41, 5.74) is 1.87. The van der Waals surface area contributed by atoms with Crippen LogP contribution in [0.3, 0.4) is 0 Å². The number of thiocarbonyl (C=S) groups is 1. The van der Waals surface area contributed by atoms with Crippen molar-refractivity contribution in [3.05, 3.63) is 16.0 Å². The number of anilines is 1. The molecule has 3 rings (SSSR count). The van der Waals surface area contributed by atoms with Gasteiger partial charge in [-0.15, -0.1) is 11.3 Å². The maximum absolute atomic E-state index is 12.5. The van der Waals surface area contributed by atoms with Crippen LogP contribution < -0.4 is 5.32 Å². The van der Waals surface area contributed by atoms with Crippen LogP contribution in [-0.4, -0.2) is 48.9 Å². The van der Waals surface area contributed by atoms with Crippen molar-refractivity contribution in [3.8, 4) is 0 Å². The normalized spacial score (nSPS) is 17.8. The Hall–Kier alpha value is -1.18. The van der Waals surface area contributed by atoms with Crippen molar-refractivity contribution in [2.75, 3.05) is 38.2 Å². The Morgan fingerprint density at radius 2 is 2.04 bits per heavy atom. The van der Waals surface area contributed by atoms with Crippen LogP contribution >= 0.6 is 23.6 Å². The molecule has 5 nitrogen and oxygen atoms in total. The second kappa shape index (κ2) is 8.27. The van der Waals surface area contributed by atoms with Crippen LogP contribution in [0, 0.1) is 0 Å². The molecule has 0 atom stereocenters. The Morgan fingerprint density at radius 3 is 2.79 bits per heavy atom. The highest BCUT2D eigenvalue weighted by atomic mass is 32.1. The number of nitrogens with zero attached hydrogens (tertiary/aromatic N) is 1. The van der Waals surface area contributed by atoms with E-state index in [9.17, 15) is 4.79 Å². The Balaban J connectivity index is 1.85. The highest BCUT2D eigenvalue weighted by molar-refractivity contribution is 7.80. The molecule has 1 aliphatic carbocycles. The van der Waals surface area contributed by atoms with Crippen LogP contribution in [0.1, 0.15) is 47.0 Å². The zero-order valence-corrected chi connectivity index (χ0v) is 15.7. The highest BCUT2D eigenvalue weighted by Crippen LogP contribution is 2.38. The van der Waals surface area contributed by atoms with Gasteiger partial charge in [-0.25, -0.2) is 4.79 Å². The van der Waals surface area contributed by atoms with Crippen molar-refractivity contribution in [1.82, 2.24) is 4.90 Å². The first-order valence-electron chi connectivity index (χ1n) is 8.66. The average Bonchev–Trinajstić information content (AvgIpc) is 2.76.